The summed E-state index contributed by atoms with van der Waals surface area (Å²) in [5, 5.41) is 0. The molecule has 176 valence electrons. The van der Waals surface area contributed by atoms with E-state index in [4.69, 9.17) is 17.0 Å². The highest BCUT2D eigenvalue weighted by Crippen LogP contribution is 2.39. The van der Waals surface area contributed by atoms with E-state index >= 15 is 4.39 Å². The van der Waals surface area contributed by atoms with Crippen LogP contribution in [-0.2, 0) is 4.79 Å². The average molecular weight is 498 g/mol. The van der Waals surface area contributed by atoms with Crippen LogP contribution in [0.2, 0.25) is 0 Å². The number of aliphatic imine (C=N–C) groups is 1. The molecule has 34 heavy (non-hydrogen) atoms. The van der Waals surface area contributed by atoms with E-state index in [-0.39, 0.29) is 12.5 Å². The standard InChI is InChI=1S/C24H24FN5O2S2/c1-32-16-3-4-17(18(25)11-16)24-21(26-13-22(31)29-6-8-34-9-7-29)12-23(33)30(24)15-2-5-19-20(10-15)28-14-27-19/h2-5,10-11,14,24H,6-9,12-13H2,1H3,(H,27,28). The summed E-state index contributed by atoms with van der Waals surface area (Å²) in [7, 11) is 1.50. The fourth-order valence-corrected chi connectivity index (χ4v) is 5.66. The Balaban J connectivity index is 1.52. The summed E-state index contributed by atoms with van der Waals surface area (Å²) in [6.07, 6.45) is 2.02. The number of nitrogens with one attached hydrogen (secondary N) is 1. The molecule has 2 aliphatic heterocycles. The number of hydrogen-bond donors (Lipinski definition) is 1. The van der Waals surface area contributed by atoms with Gasteiger partial charge in [-0.05, 0) is 30.3 Å². The first kappa shape index (κ1) is 22.8. The molecule has 10 heteroatoms. The maximum atomic E-state index is 15.3. The number of imidazole rings is 1. The molecule has 0 aliphatic carbocycles. The van der Waals surface area contributed by atoms with Gasteiger partial charge in [-0.3, -0.25) is 9.79 Å². The predicted molar refractivity (Wildman–Crippen MR) is 138 cm³/mol. The molecule has 2 aromatic carbocycles. The number of thioether (sulfide) groups is 1. The number of hydrogen-bond acceptors (Lipinski definition) is 6. The van der Waals surface area contributed by atoms with Gasteiger partial charge in [0, 0.05) is 54.0 Å². The number of H-pyrrole nitrogens is 1. The maximum Gasteiger partial charge on any atom is 0.244 e. The smallest absolute Gasteiger partial charge is 0.244 e. The van der Waals surface area contributed by atoms with Crippen molar-refractivity contribution in [2.75, 3.05) is 43.1 Å². The molecule has 0 spiro atoms. The number of methoxy groups -OCH3 is 1. The number of rotatable bonds is 5. The van der Waals surface area contributed by atoms with Crippen molar-refractivity contribution in [2.24, 2.45) is 4.99 Å². The van der Waals surface area contributed by atoms with Crippen LogP contribution in [-0.4, -0.2) is 69.7 Å². The number of benzene rings is 2. The lowest BCUT2D eigenvalue weighted by molar-refractivity contribution is -0.129. The van der Waals surface area contributed by atoms with Gasteiger partial charge >= 0.3 is 0 Å². The highest BCUT2D eigenvalue weighted by molar-refractivity contribution is 7.99. The second kappa shape index (κ2) is 9.71. The molecule has 3 aromatic rings. The molecular weight excluding hydrogens is 473 g/mol. The monoisotopic (exact) mass is 497 g/mol. The number of carbonyl (C=O) groups is 1. The van der Waals surface area contributed by atoms with E-state index in [0.717, 1.165) is 41.3 Å². The summed E-state index contributed by atoms with van der Waals surface area (Å²) >= 11 is 7.60. The first-order valence-corrected chi connectivity index (χ1v) is 12.6. The molecule has 3 heterocycles. The van der Waals surface area contributed by atoms with E-state index in [9.17, 15) is 4.79 Å². The highest BCUT2D eigenvalue weighted by Gasteiger charge is 2.38. The van der Waals surface area contributed by atoms with Crippen molar-refractivity contribution in [2.45, 2.75) is 12.5 Å². The Bertz CT molecular complexity index is 1270. The van der Waals surface area contributed by atoms with Crippen LogP contribution < -0.4 is 9.64 Å². The molecule has 2 saturated heterocycles. The lowest BCUT2D eigenvalue weighted by atomic mass is 10.0. The van der Waals surface area contributed by atoms with Crippen LogP contribution in [0, 0.1) is 5.82 Å². The van der Waals surface area contributed by atoms with Crippen LogP contribution in [0.25, 0.3) is 11.0 Å². The molecule has 1 aromatic heterocycles. The molecule has 0 bridgehead atoms. The summed E-state index contributed by atoms with van der Waals surface area (Å²) in [6, 6.07) is 10.0. The fourth-order valence-electron chi connectivity index (χ4n) is 4.40. The summed E-state index contributed by atoms with van der Waals surface area (Å²) in [6.45, 7) is 1.50. The van der Waals surface area contributed by atoms with Crippen molar-refractivity contribution >= 4 is 57.3 Å². The van der Waals surface area contributed by atoms with Crippen LogP contribution >= 0.6 is 24.0 Å². The van der Waals surface area contributed by atoms with E-state index in [1.165, 1.54) is 13.2 Å². The summed E-state index contributed by atoms with van der Waals surface area (Å²) in [4.78, 5) is 29.2. The van der Waals surface area contributed by atoms with Gasteiger partial charge in [0.1, 0.15) is 24.2 Å². The van der Waals surface area contributed by atoms with Crippen LogP contribution in [0.1, 0.15) is 18.0 Å². The number of aromatic nitrogens is 2. The van der Waals surface area contributed by atoms with Crippen molar-refractivity contribution in [1.82, 2.24) is 14.9 Å². The average Bonchev–Trinajstić information content (AvgIpc) is 3.46. The van der Waals surface area contributed by atoms with Gasteiger partial charge in [-0.15, -0.1) is 0 Å². The zero-order valence-electron chi connectivity index (χ0n) is 18.7. The lowest BCUT2D eigenvalue weighted by Crippen LogP contribution is -2.39. The van der Waals surface area contributed by atoms with Crippen LogP contribution in [0.4, 0.5) is 10.1 Å². The van der Waals surface area contributed by atoms with Crippen LogP contribution in [0.3, 0.4) is 0 Å². The third kappa shape index (κ3) is 4.39. The Hall–Kier alpha value is -2.98. The molecule has 5 rings (SSSR count). The first-order valence-electron chi connectivity index (χ1n) is 11.0. The van der Waals surface area contributed by atoms with E-state index in [0.29, 0.717) is 28.4 Å². The van der Waals surface area contributed by atoms with E-state index in [2.05, 4.69) is 15.0 Å². The minimum Gasteiger partial charge on any atom is -0.497 e. The predicted octanol–water partition coefficient (Wildman–Crippen LogP) is 4.01. The Kier molecular flexibility index (Phi) is 6.51. The molecule has 0 saturated carbocycles. The second-order valence-corrected chi connectivity index (χ2v) is 9.83. The fraction of sp³-hybridized carbons (Fsp3) is 0.333. The number of anilines is 1. The second-order valence-electron chi connectivity index (χ2n) is 8.14. The molecule has 1 unspecified atom stereocenters. The summed E-state index contributed by atoms with van der Waals surface area (Å²) in [5.74, 6) is 1.90. The summed E-state index contributed by atoms with van der Waals surface area (Å²) in [5.41, 5.74) is 3.62. The van der Waals surface area contributed by atoms with E-state index in [1.807, 2.05) is 39.8 Å². The third-order valence-corrected chi connectivity index (χ3v) is 7.42. The van der Waals surface area contributed by atoms with Gasteiger partial charge in [0.05, 0.1) is 29.5 Å². The normalized spacial score (nSPS) is 19.9. The largest absolute Gasteiger partial charge is 0.497 e. The molecule has 1 N–H and O–H groups in total. The van der Waals surface area contributed by atoms with Gasteiger partial charge in [-0.2, -0.15) is 11.8 Å². The number of thiocarbonyl (C=S) groups is 1. The van der Waals surface area contributed by atoms with E-state index < -0.39 is 11.9 Å². The van der Waals surface area contributed by atoms with Gasteiger partial charge in [-0.1, -0.05) is 12.2 Å². The maximum absolute atomic E-state index is 15.3. The van der Waals surface area contributed by atoms with Gasteiger partial charge < -0.3 is 19.5 Å². The number of carbonyl (C=O) groups excluding carboxylic acids is 1. The molecule has 1 atom stereocenters. The number of halogens is 1. The Morgan fingerprint density at radius 1 is 1.29 bits per heavy atom. The zero-order chi connectivity index (χ0) is 23.7. The van der Waals surface area contributed by atoms with Gasteiger partial charge in [0.15, 0.2) is 0 Å². The quantitative estimate of drug-likeness (QED) is 0.537. The molecule has 2 aliphatic rings. The number of fused-ring (bicyclic) bond motifs is 1. The zero-order valence-corrected chi connectivity index (χ0v) is 20.3. The van der Waals surface area contributed by atoms with Gasteiger partial charge in [0.2, 0.25) is 5.91 Å². The van der Waals surface area contributed by atoms with Crippen LogP contribution in [0.5, 0.6) is 5.75 Å². The van der Waals surface area contributed by atoms with Crippen molar-refractivity contribution < 1.29 is 13.9 Å². The van der Waals surface area contributed by atoms with Crippen molar-refractivity contribution in [3.05, 3.63) is 54.1 Å². The topological polar surface area (TPSA) is 73.8 Å². The Morgan fingerprint density at radius 2 is 2.12 bits per heavy atom. The third-order valence-electron chi connectivity index (χ3n) is 6.14. The van der Waals surface area contributed by atoms with Gasteiger partial charge in [0.25, 0.3) is 0 Å². The number of amides is 1. The Morgan fingerprint density at radius 3 is 2.88 bits per heavy atom. The molecule has 0 radical (unpaired) electrons. The molecular formula is C24H24FN5O2S2. The minimum absolute atomic E-state index is 0.00926. The van der Waals surface area contributed by atoms with Gasteiger partial charge in [-0.25, -0.2) is 9.37 Å². The lowest BCUT2D eigenvalue weighted by Gasteiger charge is -2.28. The molecule has 1 amide bonds. The number of nitrogens with zero attached hydrogens (tertiary/aromatic N) is 4. The Labute approximate surface area is 206 Å². The molecule has 2 fully saturated rings. The number of ether oxygens (including phenoxy) is 1. The molecule has 7 nitrogen and oxygen atoms in total. The van der Waals surface area contributed by atoms with E-state index in [1.54, 1.807) is 18.5 Å². The van der Waals surface area contributed by atoms with Crippen molar-refractivity contribution in [3.8, 4) is 5.75 Å². The SMILES string of the molecule is COc1ccc(C2C(=NCC(=O)N3CCSCC3)CC(=S)N2c2ccc3nc[nH]c3c2)c(F)c1. The number of aromatic amines is 1. The first-order chi connectivity index (χ1) is 16.5. The summed E-state index contributed by atoms with van der Waals surface area (Å²) < 4.78 is 20.5. The van der Waals surface area contributed by atoms with Crippen LogP contribution in [0.15, 0.2) is 47.7 Å². The highest BCUT2D eigenvalue weighted by atomic mass is 32.2. The van der Waals surface area contributed by atoms with Crippen molar-refractivity contribution in [3.63, 3.8) is 0 Å². The van der Waals surface area contributed by atoms with Crippen molar-refractivity contribution in [1.29, 1.82) is 0 Å². The minimum atomic E-state index is -0.552.